The van der Waals surface area contributed by atoms with Gasteiger partial charge in [-0.2, -0.15) is 0 Å². The molecule has 1 aliphatic heterocycles. The van der Waals surface area contributed by atoms with E-state index < -0.39 is 0 Å². The molecule has 1 aromatic carbocycles. The number of carbonyl (C=O) groups excluding carboxylic acids is 1. The summed E-state index contributed by atoms with van der Waals surface area (Å²) >= 11 is 1.67. The quantitative estimate of drug-likeness (QED) is 0.697. The highest BCUT2D eigenvalue weighted by atomic mass is 32.1. The second-order valence-corrected chi connectivity index (χ2v) is 8.10. The summed E-state index contributed by atoms with van der Waals surface area (Å²) in [5, 5.41) is 0.992. The Bertz CT molecular complexity index is 872. The number of amides is 1. The lowest BCUT2D eigenvalue weighted by Gasteiger charge is -2.29. The maximum absolute atomic E-state index is 12.6. The molecule has 0 spiro atoms. The van der Waals surface area contributed by atoms with Crippen LogP contribution in [-0.4, -0.2) is 55.6 Å². The zero-order chi connectivity index (χ0) is 18.6. The molecule has 2 N–H and O–H groups in total. The largest absolute Gasteiger partial charge is 0.334 e. The molecule has 1 aliphatic rings. The molecule has 1 saturated heterocycles. The van der Waals surface area contributed by atoms with Crippen LogP contribution in [0.5, 0.6) is 0 Å². The fraction of sp³-hybridized carbons (Fsp3) is 0.350. The van der Waals surface area contributed by atoms with Crippen LogP contribution in [0, 0.1) is 0 Å². The highest BCUT2D eigenvalue weighted by molar-refractivity contribution is 7.18. The number of hydrogen-bond donors (Lipinski definition) is 1. The molecule has 4 rings (SSSR count). The molecule has 3 heterocycles. The van der Waals surface area contributed by atoms with E-state index in [0.29, 0.717) is 13.1 Å². The van der Waals surface area contributed by atoms with Crippen molar-refractivity contribution in [2.45, 2.75) is 6.54 Å². The third-order valence-electron chi connectivity index (χ3n) is 5.04. The van der Waals surface area contributed by atoms with Gasteiger partial charge in [-0.25, -0.2) is 9.97 Å². The number of aromatic amines is 1. The number of nitrogens with zero attached hydrogens (tertiary/aromatic N) is 3. The van der Waals surface area contributed by atoms with Gasteiger partial charge in [0.25, 0.3) is 11.7 Å². The molecule has 0 unspecified atom stereocenters. The predicted octanol–water partition coefficient (Wildman–Crippen LogP) is 0.474. The Labute approximate surface area is 163 Å². The molecule has 0 bridgehead atoms. The summed E-state index contributed by atoms with van der Waals surface area (Å²) < 4.78 is 1.17. The Morgan fingerprint density at radius 1 is 1.22 bits per heavy atom. The molecule has 0 saturated carbocycles. The number of carbonyl (C=O) groups is 1. The van der Waals surface area contributed by atoms with Crippen LogP contribution in [0.25, 0.3) is 10.2 Å². The Hall–Kier alpha value is -2.51. The molecule has 3 aromatic rings. The number of rotatable bonds is 5. The number of likely N-dealkylation sites (N-methyl/N-ethyl adjacent to an activating group) is 1. The third-order valence-corrected chi connectivity index (χ3v) is 6.06. The van der Waals surface area contributed by atoms with Crippen molar-refractivity contribution in [1.82, 2.24) is 9.88 Å². The Morgan fingerprint density at radius 3 is 2.74 bits per heavy atom. The van der Waals surface area contributed by atoms with Gasteiger partial charge in [0.1, 0.15) is 31.2 Å². The number of pyridine rings is 1. The molecular weight excluding hydrogens is 358 g/mol. The van der Waals surface area contributed by atoms with E-state index in [2.05, 4.69) is 27.0 Å². The van der Waals surface area contributed by atoms with Gasteiger partial charge in [-0.05, 0) is 18.2 Å². The molecule has 2 aromatic heterocycles. The van der Waals surface area contributed by atoms with Gasteiger partial charge >= 0.3 is 0 Å². The van der Waals surface area contributed by atoms with E-state index in [1.54, 1.807) is 11.3 Å². The number of H-pyrrole nitrogens is 1. The van der Waals surface area contributed by atoms with Crippen LogP contribution in [0.4, 0.5) is 5.82 Å². The molecule has 0 radical (unpaired) electrons. The SMILES string of the molecule is CN(Cc1nc2ccccc2s1)C(=O)C[NH+]1CCN(c2cccc[nH+]2)CC1. The summed E-state index contributed by atoms with van der Waals surface area (Å²) in [6, 6.07) is 14.3. The topological polar surface area (TPSA) is 55.0 Å². The van der Waals surface area contributed by atoms with Crippen molar-refractivity contribution < 1.29 is 14.7 Å². The van der Waals surface area contributed by atoms with Crippen LogP contribution in [0.1, 0.15) is 5.01 Å². The van der Waals surface area contributed by atoms with E-state index in [0.717, 1.165) is 42.5 Å². The van der Waals surface area contributed by atoms with E-state index in [1.807, 2.05) is 48.5 Å². The van der Waals surface area contributed by atoms with Gasteiger partial charge in [0.15, 0.2) is 6.54 Å². The predicted molar refractivity (Wildman–Crippen MR) is 107 cm³/mol. The highest BCUT2D eigenvalue weighted by Crippen LogP contribution is 2.22. The fourth-order valence-electron chi connectivity index (χ4n) is 3.45. The fourth-order valence-corrected chi connectivity index (χ4v) is 4.47. The van der Waals surface area contributed by atoms with Gasteiger partial charge in [-0.1, -0.05) is 18.2 Å². The average Bonchev–Trinajstić information content (AvgIpc) is 3.11. The minimum Gasteiger partial charge on any atom is -0.334 e. The van der Waals surface area contributed by atoms with Gasteiger partial charge < -0.3 is 9.80 Å². The normalized spacial score (nSPS) is 15.2. The zero-order valence-electron chi connectivity index (χ0n) is 15.5. The van der Waals surface area contributed by atoms with Crippen molar-refractivity contribution in [1.29, 1.82) is 0 Å². The average molecular weight is 384 g/mol. The number of para-hydroxylation sites is 1. The van der Waals surface area contributed by atoms with Crippen molar-refractivity contribution in [3.8, 4) is 0 Å². The molecule has 6 nitrogen and oxygen atoms in total. The lowest BCUT2D eigenvalue weighted by Crippen LogP contribution is -3.15. The van der Waals surface area contributed by atoms with E-state index >= 15 is 0 Å². The van der Waals surface area contributed by atoms with Crippen LogP contribution < -0.4 is 14.8 Å². The summed E-state index contributed by atoms with van der Waals surface area (Å²) in [7, 11) is 1.88. The summed E-state index contributed by atoms with van der Waals surface area (Å²) in [6.45, 7) is 5.01. The minimum absolute atomic E-state index is 0.184. The minimum atomic E-state index is 0.184. The standard InChI is InChI=1S/C20H23N5OS/c1-23(14-19-22-16-6-2-3-7-17(16)27-19)20(26)15-24-10-12-25(13-11-24)18-8-4-5-9-21-18/h2-9H,10-15H2,1H3/p+2. The number of hydrogen-bond acceptors (Lipinski definition) is 4. The lowest BCUT2D eigenvalue weighted by atomic mass is 10.3. The molecule has 27 heavy (non-hydrogen) atoms. The third kappa shape index (κ3) is 4.26. The number of quaternary nitrogens is 1. The molecule has 1 amide bonds. The molecule has 1 fully saturated rings. The molecule has 0 atom stereocenters. The van der Waals surface area contributed by atoms with Crippen LogP contribution >= 0.6 is 11.3 Å². The van der Waals surface area contributed by atoms with Crippen LogP contribution in [0.2, 0.25) is 0 Å². The monoisotopic (exact) mass is 383 g/mol. The molecule has 140 valence electrons. The maximum Gasteiger partial charge on any atom is 0.277 e. The number of nitrogens with one attached hydrogen (secondary N) is 2. The van der Waals surface area contributed by atoms with E-state index in [-0.39, 0.29) is 5.91 Å². The number of thiazole rings is 1. The molecule has 0 aliphatic carbocycles. The van der Waals surface area contributed by atoms with E-state index in [1.165, 1.54) is 9.60 Å². The molecular formula is C20H25N5OS+2. The zero-order valence-corrected chi connectivity index (χ0v) is 16.3. The van der Waals surface area contributed by atoms with Crippen molar-refractivity contribution in [3.05, 3.63) is 53.7 Å². The first kappa shape index (κ1) is 17.9. The van der Waals surface area contributed by atoms with Crippen LogP contribution in [0.3, 0.4) is 0 Å². The summed E-state index contributed by atoms with van der Waals surface area (Å²) in [6.07, 6.45) is 1.95. The number of benzene rings is 1. The van der Waals surface area contributed by atoms with Gasteiger partial charge in [0.2, 0.25) is 0 Å². The summed E-state index contributed by atoms with van der Waals surface area (Å²) in [5.74, 6) is 1.33. The van der Waals surface area contributed by atoms with E-state index in [4.69, 9.17) is 0 Å². The first-order chi connectivity index (χ1) is 13.2. The Balaban J connectivity index is 1.29. The Morgan fingerprint density at radius 2 is 2.00 bits per heavy atom. The Kier molecular flexibility index (Phi) is 5.31. The van der Waals surface area contributed by atoms with Crippen LogP contribution in [0.15, 0.2) is 48.7 Å². The second-order valence-electron chi connectivity index (χ2n) is 6.99. The first-order valence-corrected chi connectivity index (χ1v) is 10.1. The van der Waals surface area contributed by atoms with Crippen molar-refractivity contribution in [2.75, 3.05) is 44.7 Å². The van der Waals surface area contributed by atoms with Gasteiger partial charge in [0, 0.05) is 13.1 Å². The number of piperazine rings is 1. The summed E-state index contributed by atoms with van der Waals surface area (Å²) in [4.78, 5) is 26.1. The number of anilines is 1. The first-order valence-electron chi connectivity index (χ1n) is 9.33. The number of aromatic nitrogens is 2. The smallest absolute Gasteiger partial charge is 0.277 e. The second kappa shape index (κ2) is 8.02. The van der Waals surface area contributed by atoms with Crippen molar-refractivity contribution in [3.63, 3.8) is 0 Å². The molecule has 7 heteroatoms. The lowest BCUT2D eigenvalue weighted by molar-refractivity contribution is -0.892. The van der Waals surface area contributed by atoms with Crippen LogP contribution in [-0.2, 0) is 11.3 Å². The highest BCUT2D eigenvalue weighted by Gasteiger charge is 2.28. The van der Waals surface area contributed by atoms with Crippen molar-refractivity contribution >= 4 is 33.3 Å². The van der Waals surface area contributed by atoms with Crippen molar-refractivity contribution in [2.24, 2.45) is 0 Å². The number of fused-ring (bicyclic) bond motifs is 1. The maximum atomic E-state index is 12.6. The van der Waals surface area contributed by atoms with E-state index in [9.17, 15) is 4.79 Å². The summed E-state index contributed by atoms with van der Waals surface area (Å²) in [5.41, 5.74) is 1.01. The van der Waals surface area contributed by atoms with Gasteiger partial charge in [0.05, 0.1) is 23.0 Å². The van der Waals surface area contributed by atoms with Gasteiger partial charge in [-0.3, -0.25) is 9.69 Å². The van der Waals surface area contributed by atoms with Gasteiger partial charge in [-0.15, -0.1) is 11.3 Å².